The predicted octanol–water partition coefficient (Wildman–Crippen LogP) is 1.73. The number of hydrogen-bond donors (Lipinski definition) is 2. The van der Waals surface area contributed by atoms with E-state index in [1.165, 1.54) is 0 Å². The summed E-state index contributed by atoms with van der Waals surface area (Å²) in [5.74, 6) is -0.929. The van der Waals surface area contributed by atoms with Gasteiger partial charge in [-0.25, -0.2) is 4.79 Å². The fraction of sp³-hybridized carbons (Fsp3) is 0.154. The maximum Gasteiger partial charge on any atom is 0.352 e. The number of aromatic carboxylic acids is 1. The lowest BCUT2D eigenvalue weighted by Crippen LogP contribution is -2.08. The SMILES string of the molecule is O=C(O)c1cccn1Cc1ccc(CO)cc1. The lowest BCUT2D eigenvalue weighted by atomic mass is 10.1. The molecule has 1 heterocycles. The number of aromatic nitrogens is 1. The highest BCUT2D eigenvalue weighted by Gasteiger charge is 2.08. The first-order chi connectivity index (χ1) is 8.20. The van der Waals surface area contributed by atoms with Gasteiger partial charge in [-0.05, 0) is 23.3 Å². The van der Waals surface area contributed by atoms with Gasteiger partial charge in [-0.3, -0.25) is 0 Å². The molecule has 2 N–H and O–H groups in total. The molecular formula is C13H13NO3. The Morgan fingerprint density at radius 3 is 2.35 bits per heavy atom. The Balaban J connectivity index is 2.19. The number of aliphatic hydroxyl groups excluding tert-OH is 1. The molecule has 4 heteroatoms. The Morgan fingerprint density at radius 2 is 1.76 bits per heavy atom. The molecule has 88 valence electrons. The molecule has 4 nitrogen and oxygen atoms in total. The van der Waals surface area contributed by atoms with Crippen LogP contribution in [0.4, 0.5) is 0 Å². The van der Waals surface area contributed by atoms with Crippen molar-refractivity contribution in [2.75, 3.05) is 0 Å². The molecule has 0 aliphatic heterocycles. The van der Waals surface area contributed by atoms with Crippen molar-refractivity contribution in [2.24, 2.45) is 0 Å². The minimum atomic E-state index is -0.929. The second-order valence-electron chi connectivity index (χ2n) is 3.80. The van der Waals surface area contributed by atoms with E-state index in [-0.39, 0.29) is 12.3 Å². The number of carbonyl (C=O) groups is 1. The quantitative estimate of drug-likeness (QED) is 0.842. The third kappa shape index (κ3) is 2.54. The lowest BCUT2D eigenvalue weighted by molar-refractivity contribution is 0.0685. The average Bonchev–Trinajstić information content (AvgIpc) is 2.78. The van der Waals surface area contributed by atoms with Gasteiger partial charge in [-0.15, -0.1) is 0 Å². The summed E-state index contributed by atoms with van der Waals surface area (Å²) in [4.78, 5) is 10.9. The number of rotatable bonds is 4. The molecule has 0 saturated carbocycles. The largest absolute Gasteiger partial charge is 0.477 e. The first-order valence-electron chi connectivity index (χ1n) is 5.28. The molecule has 0 spiro atoms. The van der Waals surface area contributed by atoms with Crippen LogP contribution in [-0.2, 0) is 13.2 Å². The summed E-state index contributed by atoms with van der Waals surface area (Å²) in [5, 5.41) is 17.9. The number of aliphatic hydroxyl groups is 1. The van der Waals surface area contributed by atoms with Crippen LogP contribution in [0.3, 0.4) is 0 Å². The number of hydrogen-bond acceptors (Lipinski definition) is 2. The lowest BCUT2D eigenvalue weighted by Gasteiger charge is -2.07. The van der Waals surface area contributed by atoms with Crippen molar-refractivity contribution in [3.8, 4) is 0 Å². The summed E-state index contributed by atoms with van der Waals surface area (Å²) in [6.07, 6.45) is 1.74. The van der Waals surface area contributed by atoms with Gasteiger partial charge in [0.15, 0.2) is 0 Å². The molecule has 0 saturated heterocycles. The topological polar surface area (TPSA) is 62.5 Å². The minimum Gasteiger partial charge on any atom is -0.477 e. The number of carboxylic acid groups (broad SMARTS) is 1. The van der Waals surface area contributed by atoms with Crippen LogP contribution < -0.4 is 0 Å². The highest BCUT2D eigenvalue weighted by atomic mass is 16.4. The number of nitrogens with zero attached hydrogens (tertiary/aromatic N) is 1. The van der Waals surface area contributed by atoms with Crippen LogP contribution >= 0.6 is 0 Å². The van der Waals surface area contributed by atoms with E-state index in [4.69, 9.17) is 10.2 Å². The third-order valence-electron chi connectivity index (χ3n) is 2.61. The van der Waals surface area contributed by atoms with Crippen molar-refractivity contribution in [3.05, 3.63) is 59.4 Å². The number of carboxylic acids is 1. The van der Waals surface area contributed by atoms with Crippen LogP contribution in [-0.4, -0.2) is 20.7 Å². The Hall–Kier alpha value is -2.07. The summed E-state index contributed by atoms with van der Waals surface area (Å²) >= 11 is 0. The van der Waals surface area contributed by atoms with Crippen LogP contribution in [0.25, 0.3) is 0 Å². The van der Waals surface area contributed by atoms with Crippen molar-refractivity contribution >= 4 is 5.97 Å². The fourth-order valence-electron chi connectivity index (χ4n) is 1.69. The van der Waals surface area contributed by atoms with Gasteiger partial charge >= 0.3 is 5.97 Å². The molecule has 0 fully saturated rings. The van der Waals surface area contributed by atoms with E-state index >= 15 is 0 Å². The Morgan fingerprint density at radius 1 is 1.12 bits per heavy atom. The van der Waals surface area contributed by atoms with Crippen molar-refractivity contribution in [1.29, 1.82) is 0 Å². The van der Waals surface area contributed by atoms with Gasteiger partial charge in [-0.1, -0.05) is 24.3 Å². The molecule has 0 aliphatic rings. The normalized spacial score (nSPS) is 10.4. The van der Waals surface area contributed by atoms with Crippen LogP contribution in [0, 0.1) is 0 Å². The Bertz CT molecular complexity index is 514. The zero-order valence-electron chi connectivity index (χ0n) is 9.21. The van der Waals surface area contributed by atoms with Crippen LogP contribution in [0.1, 0.15) is 21.6 Å². The van der Waals surface area contributed by atoms with Gasteiger partial charge in [-0.2, -0.15) is 0 Å². The monoisotopic (exact) mass is 231 g/mol. The molecule has 2 aromatic rings. The predicted molar refractivity (Wildman–Crippen MR) is 62.9 cm³/mol. The molecule has 0 bridgehead atoms. The van der Waals surface area contributed by atoms with Crippen molar-refractivity contribution in [3.63, 3.8) is 0 Å². The van der Waals surface area contributed by atoms with E-state index in [9.17, 15) is 4.79 Å². The van der Waals surface area contributed by atoms with E-state index in [0.717, 1.165) is 11.1 Å². The highest BCUT2D eigenvalue weighted by Crippen LogP contribution is 2.09. The summed E-state index contributed by atoms with van der Waals surface area (Å²) in [7, 11) is 0. The molecule has 0 unspecified atom stereocenters. The zero-order valence-corrected chi connectivity index (χ0v) is 9.21. The minimum absolute atomic E-state index is 0.0180. The smallest absolute Gasteiger partial charge is 0.352 e. The first kappa shape index (κ1) is 11.4. The van der Waals surface area contributed by atoms with Crippen LogP contribution in [0.15, 0.2) is 42.6 Å². The third-order valence-corrected chi connectivity index (χ3v) is 2.61. The second-order valence-corrected chi connectivity index (χ2v) is 3.80. The summed E-state index contributed by atoms with van der Waals surface area (Å²) in [6.45, 7) is 0.532. The zero-order chi connectivity index (χ0) is 12.3. The molecular weight excluding hydrogens is 218 g/mol. The standard InChI is InChI=1S/C13H13NO3/c15-9-11-5-3-10(4-6-11)8-14-7-1-2-12(14)13(16)17/h1-7,15H,8-9H2,(H,16,17). The van der Waals surface area contributed by atoms with Crippen molar-refractivity contribution in [2.45, 2.75) is 13.2 Å². The van der Waals surface area contributed by atoms with E-state index in [1.807, 2.05) is 24.3 Å². The van der Waals surface area contributed by atoms with Gasteiger partial charge in [0.05, 0.1) is 6.61 Å². The van der Waals surface area contributed by atoms with E-state index in [0.29, 0.717) is 6.54 Å². The van der Waals surface area contributed by atoms with Crippen molar-refractivity contribution in [1.82, 2.24) is 4.57 Å². The summed E-state index contributed by atoms with van der Waals surface area (Å²) in [5.41, 5.74) is 2.12. The van der Waals surface area contributed by atoms with Gasteiger partial charge in [0.2, 0.25) is 0 Å². The molecule has 1 aromatic carbocycles. The molecule has 1 aromatic heterocycles. The van der Waals surface area contributed by atoms with E-state index < -0.39 is 5.97 Å². The summed E-state index contributed by atoms with van der Waals surface area (Å²) in [6, 6.07) is 10.7. The molecule has 0 radical (unpaired) electrons. The van der Waals surface area contributed by atoms with Gasteiger partial charge < -0.3 is 14.8 Å². The number of benzene rings is 1. The summed E-state index contributed by atoms with van der Waals surface area (Å²) < 4.78 is 1.68. The molecule has 17 heavy (non-hydrogen) atoms. The first-order valence-corrected chi connectivity index (χ1v) is 5.28. The maximum atomic E-state index is 10.9. The Kier molecular flexibility index (Phi) is 3.25. The van der Waals surface area contributed by atoms with Gasteiger partial charge in [0, 0.05) is 12.7 Å². The molecule has 0 atom stereocenters. The fourth-order valence-corrected chi connectivity index (χ4v) is 1.69. The maximum absolute atomic E-state index is 10.9. The average molecular weight is 231 g/mol. The highest BCUT2D eigenvalue weighted by molar-refractivity contribution is 5.85. The molecule has 0 amide bonds. The van der Waals surface area contributed by atoms with Gasteiger partial charge in [0.25, 0.3) is 0 Å². The second kappa shape index (κ2) is 4.84. The van der Waals surface area contributed by atoms with Gasteiger partial charge in [0.1, 0.15) is 5.69 Å². The molecule has 0 aliphatic carbocycles. The Labute approximate surface area is 98.8 Å². The van der Waals surface area contributed by atoms with Crippen molar-refractivity contribution < 1.29 is 15.0 Å². The van der Waals surface area contributed by atoms with Crippen LogP contribution in [0.2, 0.25) is 0 Å². The molecule has 2 rings (SSSR count). The van der Waals surface area contributed by atoms with E-state index in [2.05, 4.69) is 0 Å². The van der Waals surface area contributed by atoms with E-state index in [1.54, 1.807) is 22.9 Å². The van der Waals surface area contributed by atoms with Crippen LogP contribution in [0.5, 0.6) is 0 Å².